The first-order valence-corrected chi connectivity index (χ1v) is 5.41. The van der Waals surface area contributed by atoms with Gasteiger partial charge in [0.1, 0.15) is 0 Å². The van der Waals surface area contributed by atoms with Gasteiger partial charge < -0.3 is 4.90 Å². The second-order valence-corrected chi connectivity index (χ2v) is 4.11. The van der Waals surface area contributed by atoms with Crippen LogP contribution in [0.5, 0.6) is 0 Å². The molecule has 1 aromatic rings. The van der Waals surface area contributed by atoms with Crippen molar-refractivity contribution in [1.82, 2.24) is 0 Å². The van der Waals surface area contributed by atoms with Crippen LogP contribution in [0.4, 0.5) is 18.9 Å². The van der Waals surface area contributed by atoms with Gasteiger partial charge in [0.25, 0.3) is 0 Å². The Morgan fingerprint density at radius 3 is 2.29 bits per heavy atom. The van der Waals surface area contributed by atoms with Gasteiger partial charge >= 0.3 is 6.18 Å². The highest BCUT2D eigenvalue weighted by molar-refractivity contribution is 5.84. The molecule has 2 rings (SSSR count). The van der Waals surface area contributed by atoms with Crippen LogP contribution < -0.4 is 4.90 Å². The largest absolute Gasteiger partial charge is 0.416 e. The van der Waals surface area contributed by atoms with Crippen molar-refractivity contribution >= 4 is 11.5 Å². The normalized spacial score (nSPS) is 17.4. The molecule has 1 saturated heterocycles. The molecule has 0 aromatic heterocycles. The summed E-state index contributed by atoms with van der Waals surface area (Å²) < 4.78 is 37.1. The van der Waals surface area contributed by atoms with Crippen molar-refractivity contribution in [2.24, 2.45) is 0 Å². The van der Waals surface area contributed by atoms with Crippen molar-refractivity contribution in [3.63, 3.8) is 0 Å². The molecule has 0 unspecified atom stereocenters. The van der Waals surface area contributed by atoms with Gasteiger partial charge in [0, 0.05) is 18.7 Å². The van der Waals surface area contributed by atoms with Crippen molar-refractivity contribution in [2.45, 2.75) is 19.0 Å². The minimum Gasteiger partial charge on any atom is -0.364 e. The molecule has 17 heavy (non-hydrogen) atoms. The SMILES string of the molecule is O=C1CCCN(c2ccc(C(F)(F)F)cc2)C1. The Kier molecular flexibility index (Phi) is 3.09. The number of carbonyl (C=O) groups is 1. The van der Waals surface area contributed by atoms with Gasteiger partial charge in [-0.2, -0.15) is 13.2 Å². The van der Waals surface area contributed by atoms with E-state index >= 15 is 0 Å². The quantitative estimate of drug-likeness (QED) is 0.756. The number of piperidine rings is 1. The predicted molar refractivity (Wildman–Crippen MR) is 57.9 cm³/mol. The van der Waals surface area contributed by atoms with E-state index in [0.717, 1.165) is 25.1 Å². The highest BCUT2D eigenvalue weighted by Gasteiger charge is 2.30. The van der Waals surface area contributed by atoms with Crippen LogP contribution in [-0.2, 0) is 11.0 Å². The minimum absolute atomic E-state index is 0.135. The maximum Gasteiger partial charge on any atom is 0.416 e. The van der Waals surface area contributed by atoms with Crippen LogP contribution in [0.2, 0.25) is 0 Å². The molecule has 1 heterocycles. The Hall–Kier alpha value is -1.52. The standard InChI is InChI=1S/C12H12F3NO/c13-12(14,15)9-3-5-10(6-4-9)16-7-1-2-11(17)8-16/h3-6H,1-2,7-8H2. The van der Waals surface area contributed by atoms with Crippen LogP contribution in [0.3, 0.4) is 0 Å². The van der Waals surface area contributed by atoms with Crippen LogP contribution >= 0.6 is 0 Å². The summed E-state index contributed by atoms with van der Waals surface area (Å²) in [5, 5.41) is 0. The van der Waals surface area contributed by atoms with Gasteiger partial charge in [-0.1, -0.05) is 0 Å². The maximum atomic E-state index is 12.4. The maximum absolute atomic E-state index is 12.4. The van der Waals surface area contributed by atoms with Gasteiger partial charge in [-0.25, -0.2) is 0 Å². The zero-order chi connectivity index (χ0) is 12.5. The fourth-order valence-corrected chi connectivity index (χ4v) is 1.92. The molecule has 0 amide bonds. The summed E-state index contributed by atoms with van der Waals surface area (Å²) in [6, 6.07) is 4.94. The highest BCUT2D eigenvalue weighted by Crippen LogP contribution is 2.30. The van der Waals surface area contributed by atoms with Gasteiger partial charge in [0.05, 0.1) is 12.1 Å². The second kappa shape index (κ2) is 4.39. The zero-order valence-corrected chi connectivity index (χ0v) is 9.13. The summed E-state index contributed by atoms with van der Waals surface area (Å²) in [6.07, 6.45) is -2.98. The van der Waals surface area contributed by atoms with E-state index in [1.165, 1.54) is 12.1 Å². The first-order chi connectivity index (χ1) is 7.97. The highest BCUT2D eigenvalue weighted by atomic mass is 19.4. The molecule has 92 valence electrons. The number of benzene rings is 1. The summed E-state index contributed by atoms with van der Waals surface area (Å²) >= 11 is 0. The number of rotatable bonds is 1. The topological polar surface area (TPSA) is 20.3 Å². The molecule has 1 fully saturated rings. The van der Waals surface area contributed by atoms with Crippen LogP contribution in [0.1, 0.15) is 18.4 Å². The number of nitrogens with zero attached hydrogens (tertiary/aromatic N) is 1. The van der Waals surface area contributed by atoms with Gasteiger partial charge in [-0.3, -0.25) is 4.79 Å². The summed E-state index contributed by atoms with van der Waals surface area (Å²) in [4.78, 5) is 13.1. The van der Waals surface area contributed by atoms with E-state index in [9.17, 15) is 18.0 Å². The van der Waals surface area contributed by atoms with E-state index in [1.807, 2.05) is 4.90 Å². The van der Waals surface area contributed by atoms with Crippen LogP contribution in [0, 0.1) is 0 Å². The molecule has 0 saturated carbocycles. The van der Waals surface area contributed by atoms with Crippen molar-refractivity contribution < 1.29 is 18.0 Å². The Bertz CT molecular complexity index is 411. The van der Waals surface area contributed by atoms with Crippen LogP contribution in [0.15, 0.2) is 24.3 Å². The lowest BCUT2D eigenvalue weighted by Gasteiger charge is -2.28. The number of Topliss-reactive ketones (excluding diaryl/α,β-unsaturated/α-hetero) is 1. The fraction of sp³-hybridized carbons (Fsp3) is 0.417. The molecule has 0 aliphatic carbocycles. The molecule has 1 aliphatic heterocycles. The third-order valence-corrected chi connectivity index (χ3v) is 2.81. The van der Waals surface area contributed by atoms with E-state index in [4.69, 9.17) is 0 Å². The lowest BCUT2D eigenvalue weighted by Crippen LogP contribution is -2.35. The second-order valence-electron chi connectivity index (χ2n) is 4.11. The van der Waals surface area contributed by atoms with Crippen molar-refractivity contribution in [3.8, 4) is 0 Å². The third kappa shape index (κ3) is 2.78. The number of hydrogen-bond acceptors (Lipinski definition) is 2. The van der Waals surface area contributed by atoms with E-state index in [-0.39, 0.29) is 5.78 Å². The molecule has 0 spiro atoms. The number of hydrogen-bond donors (Lipinski definition) is 0. The Balaban J connectivity index is 2.15. The number of ketones is 1. The number of halogens is 3. The Labute approximate surface area is 97.0 Å². The molecule has 0 atom stereocenters. The third-order valence-electron chi connectivity index (χ3n) is 2.81. The van der Waals surface area contributed by atoms with Gasteiger partial charge in [-0.15, -0.1) is 0 Å². The van der Waals surface area contributed by atoms with E-state index in [1.54, 1.807) is 0 Å². The Morgan fingerprint density at radius 1 is 1.12 bits per heavy atom. The van der Waals surface area contributed by atoms with Crippen LogP contribution in [-0.4, -0.2) is 18.9 Å². The van der Waals surface area contributed by atoms with E-state index in [2.05, 4.69) is 0 Å². The molecule has 5 heteroatoms. The summed E-state index contributed by atoms with van der Waals surface area (Å²) in [5.74, 6) is 0.135. The molecule has 1 aromatic carbocycles. The molecule has 0 radical (unpaired) electrons. The first kappa shape index (κ1) is 12.0. The summed E-state index contributed by atoms with van der Waals surface area (Å²) in [5.41, 5.74) is 0.00985. The van der Waals surface area contributed by atoms with Crippen LogP contribution in [0.25, 0.3) is 0 Å². The average molecular weight is 243 g/mol. The van der Waals surface area contributed by atoms with Gasteiger partial charge in [-0.05, 0) is 30.7 Å². The smallest absolute Gasteiger partial charge is 0.364 e. The van der Waals surface area contributed by atoms with Crippen molar-refractivity contribution in [3.05, 3.63) is 29.8 Å². The summed E-state index contributed by atoms with van der Waals surface area (Å²) in [6.45, 7) is 1.02. The molecular weight excluding hydrogens is 231 g/mol. The van der Waals surface area contributed by atoms with Crippen molar-refractivity contribution in [1.29, 1.82) is 0 Å². The molecular formula is C12H12F3NO. The molecule has 2 nitrogen and oxygen atoms in total. The average Bonchev–Trinajstić information content (AvgIpc) is 2.28. The number of anilines is 1. The predicted octanol–water partition coefficient (Wildman–Crippen LogP) is 2.87. The minimum atomic E-state index is -4.31. The molecule has 1 aliphatic rings. The monoisotopic (exact) mass is 243 g/mol. The first-order valence-electron chi connectivity index (χ1n) is 5.41. The molecule has 0 N–H and O–H groups in total. The number of carbonyl (C=O) groups excluding carboxylic acids is 1. The number of alkyl halides is 3. The van der Waals surface area contributed by atoms with Gasteiger partial charge in [0.2, 0.25) is 0 Å². The van der Waals surface area contributed by atoms with E-state index in [0.29, 0.717) is 18.7 Å². The Morgan fingerprint density at radius 2 is 1.76 bits per heavy atom. The van der Waals surface area contributed by atoms with Gasteiger partial charge in [0.15, 0.2) is 5.78 Å². The lowest BCUT2D eigenvalue weighted by molar-refractivity contribution is -0.137. The zero-order valence-electron chi connectivity index (χ0n) is 9.13. The van der Waals surface area contributed by atoms with Crippen molar-refractivity contribution in [2.75, 3.05) is 18.0 Å². The summed E-state index contributed by atoms with van der Waals surface area (Å²) in [7, 11) is 0. The van der Waals surface area contributed by atoms with E-state index < -0.39 is 11.7 Å². The molecule has 0 bridgehead atoms. The fourth-order valence-electron chi connectivity index (χ4n) is 1.92. The lowest BCUT2D eigenvalue weighted by atomic mass is 10.1.